The Morgan fingerprint density at radius 1 is 0.881 bits per heavy atom. The predicted molar refractivity (Wildman–Crippen MR) is 161 cm³/mol. The summed E-state index contributed by atoms with van der Waals surface area (Å²) in [5.41, 5.74) is 1.56. The van der Waals surface area contributed by atoms with Crippen molar-refractivity contribution in [1.82, 2.24) is 15.2 Å². The Labute approximate surface area is 247 Å². The van der Waals surface area contributed by atoms with Gasteiger partial charge in [0.05, 0.1) is 14.2 Å². The predicted octanol–water partition coefficient (Wildman–Crippen LogP) is 5.43. The molecule has 42 heavy (non-hydrogen) atoms. The minimum Gasteiger partial charge on any atom is -0.497 e. The van der Waals surface area contributed by atoms with E-state index in [9.17, 15) is 14.4 Å². The molecule has 9 nitrogen and oxygen atoms in total. The molecule has 222 valence electrons. The second-order valence-electron chi connectivity index (χ2n) is 10.5. The minimum atomic E-state index is -0.852. The second kappa shape index (κ2) is 15.6. The van der Waals surface area contributed by atoms with Gasteiger partial charge in [-0.05, 0) is 66.8 Å². The van der Waals surface area contributed by atoms with Gasteiger partial charge in [0.15, 0.2) is 0 Å². The van der Waals surface area contributed by atoms with Gasteiger partial charge in [0.1, 0.15) is 23.4 Å². The molecule has 1 fully saturated rings. The Kier molecular flexibility index (Phi) is 11.3. The first-order valence-electron chi connectivity index (χ1n) is 14.5. The molecule has 2 N–H and O–H groups in total. The van der Waals surface area contributed by atoms with E-state index in [2.05, 4.69) is 15.6 Å². The maximum Gasteiger partial charge on any atom is 0.247 e. The molecular weight excluding hydrogens is 532 g/mol. The molecule has 0 radical (unpaired) electrons. The quantitative estimate of drug-likeness (QED) is 0.283. The van der Waals surface area contributed by atoms with Crippen LogP contribution in [-0.4, -0.2) is 47.9 Å². The molecule has 9 heteroatoms. The molecule has 0 saturated heterocycles. The summed E-state index contributed by atoms with van der Waals surface area (Å²) in [5.74, 6) is 1.20. The Morgan fingerprint density at radius 2 is 1.55 bits per heavy atom. The molecule has 0 spiro atoms. The molecule has 1 aromatic heterocycles. The van der Waals surface area contributed by atoms with Crippen LogP contribution in [-0.2, 0) is 20.9 Å². The molecule has 1 atom stereocenters. The highest BCUT2D eigenvalue weighted by Gasteiger charge is 2.33. The Hall–Kier alpha value is -4.40. The number of ether oxygens (including phenoxy) is 2. The summed E-state index contributed by atoms with van der Waals surface area (Å²) in [6.07, 6.45) is 7.38. The van der Waals surface area contributed by atoms with Crippen molar-refractivity contribution in [3.63, 3.8) is 0 Å². The molecule has 3 aromatic rings. The topological polar surface area (TPSA) is 110 Å². The lowest BCUT2D eigenvalue weighted by Gasteiger charge is -2.33. The van der Waals surface area contributed by atoms with Gasteiger partial charge in [-0.15, -0.1) is 0 Å². The largest absolute Gasteiger partial charge is 0.497 e. The molecule has 1 saturated carbocycles. The number of methoxy groups -OCH3 is 2. The van der Waals surface area contributed by atoms with Crippen LogP contribution < -0.4 is 20.1 Å². The average Bonchev–Trinajstić information content (AvgIpc) is 3.02. The standard InChI is InChI=1S/C33H40N4O5/c1-41-27-18-14-24(15-19-27)23-37(31(39)13-8-12-30(38)36-29-11-6-7-22-34-29)32(25-16-20-28(42-2)21-17-25)33(40)35-26-9-4-3-5-10-26/h6-7,11,14-22,26,32H,3-5,8-10,12-13,23H2,1-2H3,(H,35,40)(H,34,36,38). The number of benzene rings is 2. The monoisotopic (exact) mass is 572 g/mol. The first-order valence-corrected chi connectivity index (χ1v) is 14.5. The summed E-state index contributed by atoms with van der Waals surface area (Å²) in [5, 5.41) is 5.99. The number of rotatable bonds is 13. The second-order valence-corrected chi connectivity index (χ2v) is 10.5. The summed E-state index contributed by atoms with van der Waals surface area (Å²) in [6, 6.07) is 19.2. The molecular formula is C33H40N4O5. The van der Waals surface area contributed by atoms with Gasteiger partial charge in [0.2, 0.25) is 17.7 Å². The van der Waals surface area contributed by atoms with Crippen LogP contribution in [0.2, 0.25) is 0 Å². The zero-order valence-electron chi connectivity index (χ0n) is 24.4. The van der Waals surface area contributed by atoms with Gasteiger partial charge in [-0.3, -0.25) is 14.4 Å². The average molecular weight is 573 g/mol. The van der Waals surface area contributed by atoms with Crippen molar-refractivity contribution >= 4 is 23.5 Å². The number of hydrogen-bond acceptors (Lipinski definition) is 6. The van der Waals surface area contributed by atoms with Crippen molar-refractivity contribution in [1.29, 1.82) is 0 Å². The fourth-order valence-corrected chi connectivity index (χ4v) is 5.22. The van der Waals surface area contributed by atoms with E-state index in [1.807, 2.05) is 36.4 Å². The summed E-state index contributed by atoms with van der Waals surface area (Å²) < 4.78 is 10.6. The first-order chi connectivity index (χ1) is 20.5. The van der Waals surface area contributed by atoms with E-state index in [1.54, 1.807) is 55.6 Å². The van der Waals surface area contributed by atoms with Gasteiger partial charge < -0.3 is 25.0 Å². The lowest BCUT2D eigenvalue weighted by Crippen LogP contribution is -2.46. The van der Waals surface area contributed by atoms with E-state index in [1.165, 1.54) is 6.42 Å². The Bertz CT molecular complexity index is 1290. The number of nitrogens with one attached hydrogen (secondary N) is 2. The van der Waals surface area contributed by atoms with Crippen LogP contribution in [0.1, 0.15) is 68.5 Å². The number of pyridine rings is 1. The summed E-state index contributed by atoms with van der Waals surface area (Å²) >= 11 is 0. The fraction of sp³-hybridized carbons (Fsp3) is 0.394. The zero-order chi connectivity index (χ0) is 29.7. The summed E-state index contributed by atoms with van der Waals surface area (Å²) in [7, 11) is 3.19. The van der Waals surface area contributed by atoms with E-state index in [-0.39, 0.29) is 43.1 Å². The molecule has 1 aliphatic carbocycles. The van der Waals surface area contributed by atoms with Gasteiger partial charge >= 0.3 is 0 Å². The van der Waals surface area contributed by atoms with Crippen molar-refractivity contribution in [2.75, 3.05) is 19.5 Å². The molecule has 2 aromatic carbocycles. The number of carbonyl (C=O) groups excluding carboxylic acids is 3. The lowest BCUT2D eigenvalue weighted by molar-refractivity contribution is -0.142. The van der Waals surface area contributed by atoms with Crippen molar-refractivity contribution in [3.05, 3.63) is 84.1 Å². The first kappa shape index (κ1) is 30.6. The normalized spacial score (nSPS) is 14.0. The van der Waals surface area contributed by atoms with Crippen LogP contribution in [0.25, 0.3) is 0 Å². The third-order valence-corrected chi connectivity index (χ3v) is 7.50. The van der Waals surface area contributed by atoms with Gasteiger partial charge in [-0.1, -0.05) is 49.6 Å². The van der Waals surface area contributed by atoms with Crippen molar-refractivity contribution in [2.24, 2.45) is 0 Å². The van der Waals surface area contributed by atoms with E-state index in [4.69, 9.17) is 9.47 Å². The molecule has 1 unspecified atom stereocenters. The Morgan fingerprint density at radius 3 is 2.17 bits per heavy atom. The minimum absolute atomic E-state index is 0.0835. The smallest absolute Gasteiger partial charge is 0.247 e. The van der Waals surface area contributed by atoms with Gasteiger partial charge in [0.25, 0.3) is 0 Å². The SMILES string of the molecule is COc1ccc(CN(C(=O)CCCC(=O)Nc2ccccn2)C(C(=O)NC2CCCCC2)c2ccc(OC)cc2)cc1. The van der Waals surface area contributed by atoms with Crippen LogP contribution >= 0.6 is 0 Å². The van der Waals surface area contributed by atoms with Gasteiger partial charge in [0, 0.05) is 31.6 Å². The summed E-state index contributed by atoms with van der Waals surface area (Å²) in [6.45, 7) is 0.220. The van der Waals surface area contributed by atoms with E-state index >= 15 is 0 Å². The molecule has 1 aliphatic rings. The third kappa shape index (κ3) is 8.80. The molecule has 0 aliphatic heterocycles. The maximum atomic E-state index is 14.0. The van der Waals surface area contributed by atoms with Crippen LogP contribution in [0.5, 0.6) is 11.5 Å². The Balaban J connectivity index is 1.56. The van der Waals surface area contributed by atoms with E-state index in [0.717, 1.165) is 31.2 Å². The van der Waals surface area contributed by atoms with E-state index < -0.39 is 6.04 Å². The molecule has 1 heterocycles. The zero-order valence-corrected chi connectivity index (χ0v) is 24.4. The number of hydrogen-bond donors (Lipinski definition) is 2. The number of aromatic nitrogens is 1. The van der Waals surface area contributed by atoms with Crippen molar-refractivity contribution < 1.29 is 23.9 Å². The van der Waals surface area contributed by atoms with Crippen molar-refractivity contribution in [3.8, 4) is 11.5 Å². The molecule has 3 amide bonds. The number of nitrogens with zero attached hydrogens (tertiary/aromatic N) is 2. The van der Waals surface area contributed by atoms with Crippen LogP contribution in [0.15, 0.2) is 72.9 Å². The highest BCUT2D eigenvalue weighted by atomic mass is 16.5. The van der Waals surface area contributed by atoms with Crippen LogP contribution in [0, 0.1) is 0 Å². The maximum absolute atomic E-state index is 14.0. The van der Waals surface area contributed by atoms with Crippen LogP contribution in [0.3, 0.4) is 0 Å². The van der Waals surface area contributed by atoms with Gasteiger partial charge in [-0.2, -0.15) is 0 Å². The molecule has 4 rings (SSSR count). The van der Waals surface area contributed by atoms with Gasteiger partial charge in [-0.25, -0.2) is 4.98 Å². The highest BCUT2D eigenvalue weighted by molar-refractivity contribution is 5.91. The highest BCUT2D eigenvalue weighted by Crippen LogP contribution is 2.28. The number of amides is 3. The number of carbonyl (C=O) groups is 3. The van der Waals surface area contributed by atoms with Crippen molar-refractivity contribution in [2.45, 2.75) is 70.0 Å². The molecule has 0 bridgehead atoms. The third-order valence-electron chi connectivity index (χ3n) is 7.50. The number of anilines is 1. The van der Waals surface area contributed by atoms with E-state index in [0.29, 0.717) is 29.3 Å². The lowest BCUT2D eigenvalue weighted by atomic mass is 9.94. The van der Waals surface area contributed by atoms with Crippen LogP contribution in [0.4, 0.5) is 5.82 Å². The summed E-state index contributed by atoms with van der Waals surface area (Å²) in [4.78, 5) is 46.1. The fourth-order valence-electron chi connectivity index (χ4n) is 5.22.